The van der Waals surface area contributed by atoms with E-state index in [9.17, 15) is 19.2 Å². The molecule has 0 atom stereocenters. The molecule has 0 spiro atoms. The van der Waals surface area contributed by atoms with Gasteiger partial charge in [-0.1, -0.05) is 20.8 Å². The molecule has 0 unspecified atom stereocenters. The molecule has 1 saturated heterocycles. The molecule has 2 heterocycles. The molecule has 1 aromatic rings. The number of nitrogens with one attached hydrogen (secondary N) is 1. The first kappa shape index (κ1) is 22.0. The van der Waals surface area contributed by atoms with Gasteiger partial charge >= 0.3 is 0 Å². The Morgan fingerprint density at radius 1 is 0.933 bits per heavy atom. The lowest BCUT2D eigenvalue weighted by molar-refractivity contribution is -0.129. The number of hydrogen-bond donors (Lipinski definition) is 1. The first-order valence-corrected chi connectivity index (χ1v) is 10.4. The van der Waals surface area contributed by atoms with Gasteiger partial charge in [-0.3, -0.25) is 24.1 Å². The van der Waals surface area contributed by atoms with Crippen LogP contribution in [-0.2, 0) is 4.79 Å². The average Bonchev–Trinajstić information content (AvgIpc) is 2.91. The summed E-state index contributed by atoms with van der Waals surface area (Å²) in [5.41, 5.74) is -0.0371. The van der Waals surface area contributed by atoms with Gasteiger partial charge < -0.3 is 10.2 Å². The second kappa shape index (κ2) is 7.52. The molecule has 2 aliphatic heterocycles. The first-order valence-electron chi connectivity index (χ1n) is 10.4. The van der Waals surface area contributed by atoms with E-state index in [-0.39, 0.29) is 35.2 Å². The van der Waals surface area contributed by atoms with Crippen LogP contribution in [0.3, 0.4) is 0 Å². The number of likely N-dealkylation sites (tertiary alicyclic amines) is 1. The normalized spacial score (nSPS) is 17.9. The molecule has 0 aromatic heterocycles. The Morgan fingerprint density at radius 2 is 1.50 bits per heavy atom. The summed E-state index contributed by atoms with van der Waals surface area (Å²) in [5, 5.41) is 3.06. The minimum Gasteiger partial charge on any atom is -0.353 e. The van der Waals surface area contributed by atoms with Crippen LogP contribution in [0.15, 0.2) is 18.2 Å². The van der Waals surface area contributed by atoms with Crippen molar-refractivity contribution in [2.24, 2.45) is 5.41 Å². The molecule has 3 rings (SSSR count). The molecule has 2 aliphatic rings. The van der Waals surface area contributed by atoms with Crippen LogP contribution in [0.25, 0.3) is 0 Å². The molecule has 0 bridgehead atoms. The number of carbonyl (C=O) groups excluding carboxylic acids is 4. The van der Waals surface area contributed by atoms with E-state index >= 15 is 0 Å². The second-order valence-electron chi connectivity index (χ2n) is 10.2. The number of hydrogen-bond acceptors (Lipinski definition) is 4. The van der Waals surface area contributed by atoms with Crippen LogP contribution in [0, 0.1) is 5.41 Å². The smallest absolute Gasteiger partial charge is 0.262 e. The third kappa shape index (κ3) is 4.11. The predicted octanol–water partition coefficient (Wildman–Crippen LogP) is 2.85. The zero-order valence-electron chi connectivity index (χ0n) is 18.7. The molecule has 7 heteroatoms. The number of fused-ring (bicyclic) bond motifs is 1. The summed E-state index contributed by atoms with van der Waals surface area (Å²) >= 11 is 0. The number of piperidine rings is 1. The minimum atomic E-state index is -0.628. The van der Waals surface area contributed by atoms with E-state index in [1.54, 1.807) is 17.0 Å². The highest BCUT2D eigenvalue weighted by molar-refractivity contribution is 6.22. The van der Waals surface area contributed by atoms with Gasteiger partial charge in [0.15, 0.2) is 0 Å². The van der Waals surface area contributed by atoms with E-state index in [1.807, 2.05) is 41.5 Å². The van der Waals surface area contributed by atoms with Crippen molar-refractivity contribution >= 4 is 23.6 Å². The van der Waals surface area contributed by atoms with Gasteiger partial charge in [0.25, 0.3) is 17.7 Å². The van der Waals surface area contributed by atoms with Crippen LogP contribution < -0.4 is 5.32 Å². The van der Waals surface area contributed by atoms with E-state index < -0.39 is 11.0 Å². The van der Waals surface area contributed by atoms with Crippen molar-refractivity contribution in [1.29, 1.82) is 0 Å². The maximum Gasteiger partial charge on any atom is 0.262 e. The predicted molar refractivity (Wildman–Crippen MR) is 113 cm³/mol. The third-order valence-electron chi connectivity index (χ3n) is 5.60. The number of rotatable bonds is 2. The highest BCUT2D eigenvalue weighted by Gasteiger charge is 2.42. The molecule has 0 radical (unpaired) electrons. The molecule has 7 nitrogen and oxygen atoms in total. The SMILES string of the molecule is CC(C)(C)C(=O)NC1CCN(C(=O)c2ccc3c(c2)C(=O)N(C(C)(C)C)C3=O)CC1. The van der Waals surface area contributed by atoms with Gasteiger partial charge in [-0.05, 0) is 51.8 Å². The highest BCUT2D eigenvalue weighted by atomic mass is 16.2. The Balaban J connectivity index is 1.69. The Bertz CT molecular complexity index is 900. The van der Waals surface area contributed by atoms with Crippen LogP contribution in [0.2, 0.25) is 0 Å². The molecule has 30 heavy (non-hydrogen) atoms. The monoisotopic (exact) mass is 413 g/mol. The van der Waals surface area contributed by atoms with Crippen LogP contribution in [-0.4, -0.2) is 58.1 Å². The largest absolute Gasteiger partial charge is 0.353 e. The topological polar surface area (TPSA) is 86.8 Å². The summed E-state index contributed by atoms with van der Waals surface area (Å²) in [4.78, 5) is 53.5. The lowest BCUT2D eigenvalue weighted by Crippen LogP contribution is -2.49. The summed E-state index contributed by atoms with van der Waals surface area (Å²) in [7, 11) is 0. The van der Waals surface area contributed by atoms with Crippen molar-refractivity contribution in [2.75, 3.05) is 13.1 Å². The van der Waals surface area contributed by atoms with E-state index in [2.05, 4.69) is 5.32 Å². The van der Waals surface area contributed by atoms with Crippen molar-refractivity contribution in [3.8, 4) is 0 Å². The van der Waals surface area contributed by atoms with Crippen molar-refractivity contribution in [3.05, 3.63) is 34.9 Å². The fourth-order valence-electron chi connectivity index (χ4n) is 3.79. The molecule has 1 N–H and O–H groups in total. The van der Waals surface area contributed by atoms with Crippen LogP contribution in [0.1, 0.15) is 85.5 Å². The standard InChI is InChI=1S/C23H31N3O4/c1-22(2,3)21(30)24-15-9-11-25(12-10-15)18(27)14-7-8-16-17(13-14)20(29)26(19(16)28)23(4,5)6/h7-8,13,15H,9-12H2,1-6H3,(H,24,30). The molecular formula is C23H31N3O4. The fraction of sp³-hybridized carbons (Fsp3) is 0.565. The molecule has 1 aromatic carbocycles. The second-order valence-corrected chi connectivity index (χ2v) is 10.2. The average molecular weight is 414 g/mol. The molecule has 0 aliphatic carbocycles. The number of imide groups is 1. The molecule has 1 fully saturated rings. The fourth-order valence-corrected chi connectivity index (χ4v) is 3.79. The Kier molecular flexibility index (Phi) is 5.52. The van der Waals surface area contributed by atoms with Crippen LogP contribution in [0.4, 0.5) is 0 Å². The van der Waals surface area contributed by atoms with Gasteiger partial charge in [0, 0.05) is 35.6 Å². The summed E-state index contributed by atoms with van der Waals surface area (Å²) in [6, 6.07) is 4.79. The van der Waals surface area contributed by atoms with Crippen molar-refractivity contribution in [1.82, 2.24) is 15.1 Å². The van der Waals surface area contributed by atoms with Crippen molar-refractivity contribution in [2.45, 2.75) is 66.0 Å². The van der Waals surface area contributed by atoms with Crippen molar-refractivity contribution in [3.63, 3.8) is 0 Å². The first-order chi connectivity index (χ1) is 13.8. The van der Waals surface area contributed by atoms with Gasteiger partial charge in [0.1, 0.15) is 0 Å². The molecule has 4 amide bonds. The summed E-state index contributed by atoms with van der Waals surface area (Å²) in [6.45, 7) is 12.1. The highest BCUT2D eigenvalue weighted by Crippen LogP contribution is 2.30. The van der Waals surface area contributed by atoms with E-state index in [1.165, 1.54) is 11.0 Å². The zero-order valence-corrected chi connectivity index (χ0v) is 18.7. The van der Waals surface area contributed by atoms with Crippen LogP contribution >= 0.6 is 0 Å². The van der Waals surface area contributed by atoms with E-state index in [4.69, 9.17) is 0 Å². The van der Waals surface area contributed by atoms with E-state index in [0.717, 1.165) is 0 Å². The maximum absolute atomic E-state index is 13.0. The van der Waals surface area contributed by atoms with Gasteiger partial charge in [0.05, 0.1) is 11.1 Å². The molecule has 0 saturated carbocycles. The number of amides is 4. The Hall–Kier alpha value is -2.70. The number of carbonyl (C=O) groups is 4. The van der Waals surface area contributed by atoms with Gasteiger partial charge in [-0.25, -0.2) is 0 Å². The summed E-state index contributed by atoms with van der Waals surface area (Å²) in [5.74, 6) is -0.831. The Labute approximate surface area is 177 Å². The van der Waals surface area contributed by atoms with Gasteiger partial charge in [-0.2, -0.15) is 0 Å². The maximum atomic E-state index is 13.0. The van der Waals surface area contributed by atoms with Crippen molar-refractivity contribution < 1.29 is 19.2 Å². The summed E-state index contributed by atoms with van der Waals surface area (Å²) in [6.07, 6.45) is 1.38. The van der Waals surface area contributed by atoms with Gasteiger partial charge in [0.2, 0.25) is 5.91 Å². The van der Waals surface area contributed by atoms with E-state index in [0.29, 0.717) is 37.1 Å². The zero-order chi connectivity index (χ0) is 22.4. The minimum absolute atomic E-state index is 0.0116. The quantitative estimate of drug-likeness (QED) is 0.756. The summed E-state index contributed by atoms with van der Waals surface area (Å²) < 4.78 is 0. The number of nitrogens with zero attached hydrogens (tertiary/aromatic N) is 2. The lowest BCUT2D eigenvalue weighted by Gasteiger charge is -2.33. The molecular weight excluding hydrogens is 382 g/mol. The molecule has 162 valence electrons. The Morgan fingerprint density at radius 3 is 2.03 bits per heavy atom. The van der Waals surface area contributed by atoms with Crippen LogP contribution in [0.5, 0.6) is 0 Å². The number of benzene rings is 1. The van der Waals surface area contributed by atoms with Gasteiger partial charge in [-0.15, -0.1) is 0 Å². The lowest BCUT2D eigenvalue weighted by atomic mass is 9.94. The third-order valence-corrected chi connectivity index (χ3v) is 5.60.